The second-order valence-electron chi connectivity index (χ2n) is 5.05. The number of piperazine rings is 1. The molecule has 0 aromatic rings. The molecule has 0 atom stereocenters. The van der Waals surface area contributed by atoms with E-state index in [1.807, 2.05) is 0 Å². The number of nitrogens with zero attached hydrogens (tertiary/aromatic N) is 3. The van der Waals surface area contributed by atoms with Crippen LogP contribution in [0, 0.1) is 0 Å². The van der Waals surface area contributed by atoms with Gasteiger partial charge >= 0.3 is 0 Å². The van der Waals surface area contributed by atoms with Crippen LogP contribution in [0.15, 0.2) is 0 Å². The lowest BCUT2D eigenvalue weighted by atomic mass is 10.3. The van der Waals surface area contributed by atoms with Crippen molar-refractivity contribution in [2.45, 2.75) is 20.8 Å². The topological polar surface area (TPSA) is 21.8 Å². The Morgan fingerprint density at radius 1 is 0.889 bits per heavy atom. The highest BCUT2D eigenvalue weighted by Crippen LogP contribution is 1.99. The second kappa shape index (κ2) is 9.73. The normalized spacial score (nSPS) is 18.7. The molecule has 1 fully saturated rings. The zero-order chi connectivity index (χ0) is 13.2. The molecule has 0 aromatic carbocycles. The van der Waals surface area contributed by atoms with E-state index in [-0.39, 0.29) is 0 Å². The fourth-order valence-electron chi connectivity index (χ4n) is 2.47. The highest BCUT2D eigenvalue weighted by atomic mass is 15.3. The van der Waals surface area contributed by atoms with Gasteiger partial charge in [-0.1, -0.05) is 20.8 Å². The van der Waals surface area contributed by atoms with Crippen LogP contribution >= 0.6 is 0 Å². The monoisotopic (exact) mass is 256 g/mol. The summed E-state index contributed by atoms with van der Waals surface area (Å²) in [6, 6.07) is 0. The Kier molecular flexibility index (Phi) is 8.59. The Balaban J connectivity index is 1.95. The number of likely N-dealkylation sites (N-methyl/N-ethyl adjacent to an activating group) is 2. The molecule has 0 bridgehead atoms. The van der Waals surface area contributed by atoms with E-state index < -0.39 is 0 Å². The SMILES string of the molecule is CCN(CC)CCNCCN1CCN(CC)CC1. The molecular weight excluding hydrogens is 224 g/mol. The molecule has 1 heterocycles. The third kappa shape index (κ3) is 6.14. The van der Waals surface area contributed by atoms with Crippen LogP contribution in [0.2, 0.25) is 0 Å². The molecule has 0 saturated carbocycles. The van der Waals surface area contributed by atoms with Gasteiger partial charge in [-0.15, -0.1) is 0 Å². The van der Waals surface area contributed by atoms with E-state index in [0.717, 1.165) is 26.2 Å². The zero-order valence-electron chi connectivity index (χ0n) is 12.6. The molecule has 1 saturated heterocycles. The van der Waals surface area contributed by atoms with Crippen molar-refractivity contribution < 1.29 is 0 Å². The van der Waals surface area contributed by atoms with Gasteiger partial charge in [0.1, 0.15) is 0 Å². The second-order valence-corrected chi connectivity index (χ2v) is 5.05. The summed E-state index contributed by atoms with van der Waals surface area (Å²) in [6.45, 7) is 19.9. The van der Waals surface area contributed by atoms with E-state index in [4.69, 9.17) is 0 Å². The molecule has 1 aliphatic heterocycles. The minimum atomic E-state index is 1.12. The lowest BCUT2D eigenvalue weighted by Gasteiger charge is -2.34. The van der Waals surface area contributed by atoms with Gasteiger partial charge in [0.2, 0.25) is 0 Å². The number of hydrogen-bond donors (Lipinski definition) is 1. The summed E-state index contributed by atoms with van der Waals surface area (Å²) in [6.07, 6.45) is 0. The summed E-state index contributed by atoms with van der Waals surface area (Å²) in [7, 11) is 0. The zero-order valence-corrected chi connectivity index (χ0v) is 12.6. The standard InChI is InChI=1S/C14H32N4/c1-4-16(5-2)9-7-15-8-10-18-13-11-17(6-3)12-14-18/h15H,4-14H2,1-3H3. The van der Waals surface area contributed by atoms with Crippen molar-refractivity contribution in [1.82, 2.24) is 20.0 Å². The fraction of sp³-hybridized carbons (Fsp3) is 1.00. The van der Waals surface area contributed by atoms with Gasteiger partial charge in [0.15, 0.2) is 0 Å². The quantitative estimate of drug-likeness (QED) is 0.608. The molecule has 0 aromatic heterocycles. The van der Waals surface area contributed by atoms with Crippen LogP contribution in [0.3, 0.4) is 0 Å². The van der Waals surface area contributed by atoms with Crippen LogP contribution in [-0.4, -0.2) is 86.7 Å². The van der Waals surface area contributed by atoms with Gasteiger partial charge in [-0.3, -0.25) is 4.90 Å². The fourth-order valence-corrected chi connectivity index (χ4v) is 2.47. The van der Waals surface area contributed by atoms with E-state index >= 15 is 0 Å². The molecule has 0 aliphatic carbocycles. The lowest BCUT2D eigenvalue weighted by molar-refractivity contribution is 0.137. The van der Waals surface area contributed by atoms with E-state index in [1.165, 1.54) is 45.8 Å². The van der Waals surface area contributed by atoms with Crippen molar-refractivity contribution in [1.29, 1.82) is 0 Å². The maximum atomic E-state index is 3.56. The molecule has 1 N–H and O–H groups in total. The van der Waals surface area contributed by atoms with Crippen molar-refractivity contribution in [2.24, 2.45) is 0 Å². The van der Waals surface area contributed by atoms with Gasteiger partial charge in [-0.2, -0.15) is 0 Å². The molecule has 0 spiro atoms. The average Bonchev–Trinajstić information content (AvgIpc) is 2.43. The Labute approximate surface area is 113 Å². The third-order valence-corrected chi connectivity index (χ3v) is 4.02. The van der Waals surface area contributed by atoms with Gasteiger partial charge in [0, 0.05) is 52.4 Å². The maximum absolute atomic E-state index is 3.56. The van der Waals surface area contributed by atoms with E-state index in [1.54, 1.807) is 0 Å². The Hall–Kier alpha value is -0.160. The van der Waals surface area contributed by atoms with E-state index in [9.17, 15) is 0 Å². The van der Waals surface area contributed by atoms with Crippen LogP contribution in [0.4, 0.5) is 0 Å². The summed E-state index contributed by atoms with van der Waals surface area (Å²) >= 11 is 0. The van der Waals surface area contributed by atoms with Gasteiger partial charge in [0.05, 0.1) is 0 Å². The highest BCUT2D eigenvalue weighted by Gasteiger charge is 2.14. The smallest absolute Gasteiger partial charge is 0.0110 e. The summed E-state index contributed by atoms with van der Waals surface area (Å²) in [4.78, 5) is 7.58. The first-order valence-electron chi connectivity index (χ1n) is 7.67. The number of rotatable bonds is 9. The number of hydrogen-bond acceptors (Lipinski definition) is 4. The van der Waals surface area contributed by atoms with Crippen molar-refractivity contribution in [3.63, 3.8) is 0 Å². The third-order valence-electron chi connectivity index (χ3n) is 4.02. The highest BCUT2D eigenvalue weighted by molar-refractivity contribution is 4.71. The Bertz CT molecular complexity index is 186. The van der Waals surface area contributed by atoms with Gasteiger partial charge in [0.25, 0.3) is 0 Å². The molecule has 4 heteroatoms. The molecule has 0 radical (unpaired) electrons. The molecule has 108 valence electrons. The van der Waals surface area contributed by atoms with E-state index in [2.05, 4.69) is 40.8 Å². The van der Waals surface area contributed by atoms with Crippen LogP contribution < -0.4 is 5.32 Å². The molecule has 0 amide bonds. The first kappa shape index (κ1) is 15.9. The summed E-state index contributed by atoms with van der Waals surface area (Å²) in [5.41, 5.74) is 0. The van der Waals surface area contributed by atoms with Crippen LogP contribution in [0.1, 0.15) is 20.8 Å². The van der Waals surface area contributed by atoms with Crippen molar-refractivity contribution >= 4 is 0 Å². The van der Waals surface area contributed by atoms with Crippen LogP contribution in [-0.2, 0) is 0 Å². The minimum absolute atomic E-state index is 1.12. The molecular formula is C14H32N4. The van der Waals surface area contributed by atoms with Gasteiger partial charge in [-0.25, -0.2) is 0 Å². The van der Waals surface area contributed by atoms with Crippen molar-refractivity contribution in [3.05, 3.63) is 0 Å². The molecule has 18 heavy (non-hydrogen) atoms. The summed E-state index contributed by atoms with van der Waals surface area (Å²) in [5, 5.41) is 3.56. The molecule has 0 unspecified atom stereocenters. The summed E-state index contributed by atoms with van der Waals surface area (Å²) < 4.78 is 0. The lowest BCUT2D eigenvalue weighted by Crippen LogP contribution is -2.48. The molecule has 1 aliphatic rings. The largest absolute Gasteiger partial charge is 0.314 e. The first-order valence-corrected chi connectivity index (χ1v) is 7.67. The Morgan fingerprint density at radius 3 is 2.06 bits per heavy atom. The Morgan fingerprint density at radius 2 is 1.50 bits per heavy atom. The maximum Gasteiger partial charge on any atom is 0.0110 e. The first-order chi connectivity index (χ1) is 8.80. The number of nitrogens with one attached hydrogen (secondary N) is 1. The van der Waals surface area contributed by atoms with Crippen molar-refractivity contribution in [2.75, 3.05) is 72.0 Å². The predicted octanol–water partition coefficient (Wildman–Crippen LogP) is 0.555. The van der Waals surface area contributed by atoms with Gasteiger partial charge in [-0.05, 0) is 19.6 Å². The van der Waals surface area contributed by atoms with Crippen LogP contribution in [0.5, 0.6) is 0 Å². The average molecular weight is 256 g/mol. The summed E-state index contributed by atoms with van der Waals surface area (Å²) in [5.74, 6) is 0. The predicted molar refractivity (Wildman–Crippen MR) is 79.2 cm³/mol. The molecule has 1 rings (SSSR count). The van der Waals surface area contributed by atoms with Crippen molar-refractivity contribution in [3.8, 4) is 0 Å². The van der Waals surface area contributed by atoms with Gasteiger partial charge < -0.3 is 15.1 Å². The minimum Gasteiger partial charge on any atom is -0.314 e. The van der Waals surface area contributed by atoms with E-state index in [0.29, 0.717) is 0 Å². The molecule has 4 nitrogen and oxygen atoms in total. The van der Waals surface area contributed by atoms with Crippen LogP contribution in [0.25, 0.3) is 0 Å².